The first-order chi connectivity index (χ1) is 8.44. The summed E-state index contributed by atoms with van der Waals surface area (Å²) in [6, 6.07) is 3.65. The zero-order valence-corrected chi connectivity index (χ0v) is 11.5. The molecule has 100 valence electrons. The van der Waals surface area contributed by atoms with Gasteiger partial charge in [-0.25, -0.2) is 18.5 Å². The van der Waals surface area contributed by atoms with Gasteiger partial charge in [0.2, 0.25) is 10.0 Å². The van der Waals surface area contributed by atoms with E-state index in [2.05, 4.69) is 9.88 Å². The van der Waals surface area contributed by atoms with Crippen molar-refractivity contribution in [3.05, 3.63) is 29.0 Å². The van der Waals surface area contributed by atoms with Crippen molar-refractivity contribution >= 4 is 21.6 Å². The van der Waals surface area contributed by atoms with Crippen molar-refractivity contribution in [1.29, 1.82) is 0 Å². The first kappa shape index (κ1) is 13.7. The second-order valence-corrected chi connectivity index (χ2v) is 6.63. The van der Waals surface area contributed by atoms with Crippen LogP contribution in [0.15, 0.2) is 18.3 Å². The second kappa shape index (κ2) is 5.52. The normalized spacial score (nSPS) is 21.3. The van der Waals surface area contributed by atoms with Crippen LogP contribution in [0.3, 0.4) is 0 Å². The molecule has 0 bridgehead atoms. The number of halogens is 1. The summed E-state index contributed by atoms with van der Waals surface area (Å²) in [5, 5.41) is 5.57. The molecule has 0 saturated carbocycles. The molecule has 1 aromatic heterocycles. The Labute approximate surface area is 112 Å². The molecule has 2 heterocycles. The van der Waals surface area contributed by atoms with Gasteiger partial charge in [-0.2, -0.15) is 0 Å². The monoisotopic (exact) mass is 289 g/mol. The number of nitrogens with zero attached hydrogens (tertiary/aromatic N) is 2. The highest BCUT2D eigenvalue weighted by Crippen LogP contribution is 2.21. The van der Waals surface area contributed by atoms with Crippen LogP contribution >= 0.6 is 11.6 Å². The van der Waals surface area contributed by atoms with Gasteiger partial charge in [-0.15, -0.1) is 0 Å². The van der Waals surface area contributed by atoms with Crippen LogP contribution in [-0.4, -0.2) is 36.6 Å². The van der Waals surface area contributed by atoms with Crippen LogP contribution in [0.5, 0.6) is 0 Å². The van der Waals surface area contributed by atoms with E-state index in [1.54, 1.807) is 12.3 Å². The minimum Gasteiger partial charge on any atom is -0.295 e. The molecular weight excluding hydrogens is 274 g/mol. The van der Waals surface area contributed by atoms with E-state index >= 15 is 0 Å². The summed E-state index contributed by atoms with van der Waals surface area (Å²) in [7, 11) is -3.42. The van der Waals surface area contributed by atoms with Crippen LogP contribution < -0.4 is 5.14 Å². The SMILES string of the molecule is NS(=O)(=O)C[C@@H]1CCCN1Cc1ccc(Cl)nc1. The highest BCUT2D eigenvalue weighted by molar-refractivity contribution is 7.89. The minimum atomic E-state index is -3.42. The zero-order valence-electron chi connectivity index (χ0n) is 9.92. The van der Waals surface area contributed by atoms with E-state index in [4.69, 9.17) is 16.7 Å². The highest BCUT2D eigenvalue weighted by Gasteiger charge is 2.27. The zero-order chi connectivity index (χ0) is 13.2. The summed E-state index contributed by atoms with van der Waals surface area (Å²) in [6.07, 6.45) is 3.59. The van der Waals surface area contributed by atoms with Gasteiger partial charge in [0, 0.05) is 18.8 Å². The summed E-state index contributed by atoms with van der Waals surface area (Å²) >= 11 is 5.72. The van der Waals surface area contributed by atoms with Crippen LogP contribution in [0.4, 0.5) is 0 Å². The van der Waals surface area contributed by atoms with Crippen molar-refractivity contribution in [3.8, 4) is 0 Å². The van der Waals surface area contributed by atoms with Gasteiger partial charge >= 0.3 is 0 Å². The van der Waals surface area contributed by atoms with E-state index in [-0.39, 0.29) is 11.8 Å². The van der Waals surface area contributed by atoms with Gasteiger partial charge in [-0.1, -0.05) is 17.7 Å². The molecule has 1 aliphatic heterocycles. The number of pyridine rings is 1. The second-order valence-electron chi connectivity index (χ2n) is 4.59. The lowest BCUT2D eigenvalue weighted by Gasteiger charge is -2.23. The van der Waals surface area contributed by atoms with E-state index in [0.717, 1.165) is 24.9 Å². The molecule has 1 aromatic rings. The number of hydrogen-bond acceptors (Lipinski definition) is 4. The first-order valence-corrected chi connectivity index (χ1v) is 7.88. The van der Waals surface area contributed by atoms with Gasteiger partial charge in [-0.05, 0) is 31.0 Å². The van der Waals surface area contributed by atoms with Gasteiger partial charge in [0.25, 0.3) is 0 Å². The van der Waals surface area contributed by atoms with E-state index in [1.165, 1.54) is 0 Å². The smallest absolute Gasteiger partial charge is 0.210 e. The Balaban J connectivity index is 2.01. The minimum absolute atomic E-state index is 0.00989. The van der Waals surface area contributed by atoms with E-state index < -0.39 is 10.0 Å². The summed E-state index contributed by atoms with van der Waals surface area (Å²) in [4.78, 5) is 6.15. The topological polar surface area (TPSA) is 76.3 Å². The van der Waals surface area contributed by atoms with Crippen LogP contribution in [0.1, 0.15) is 18.4 Å². The average molecular weight is 290 g/mol. The lowest BCUT2D eigenvalue weighted by molar-refractivity contribution is 0.261. The molecule has 0 aromatic carbocycles. The molecule has 0 aliphatic carbocycles. The molecule has 0 amide bonds. The predicted molar refractivity (Wildman–Crippen MR) is 70.7 cm³/mol. The van der Waals surface area contributed by atoms with Crippen molar-refractivity contribution in [1.82, 2.24) is 9.88 Å². The number of hydrogen-bond donors (Lipinski definition) is 1. The van der Waals surface area contributed by atoms with Crippen molar-refractivity contribution < 1.29 is 8.42 Å². The van der Waals surface area contributed by atoms with Gasteiger partial charge in [0.1, 0.15) is 5.15 Å². The Bertz CT molecular complexity index is 504. The van der Waals surface area contributed by atoms with Crippen molar-refractivity contribution in [2.24, 2.45) is 5.14 Å². The maximum absolute atomic E-state index is 11.2. The van der Waals surface area contributed by atoms with Gasteiger partial charge in [0.05, 0.1) is 5.75 Å². The summed E-state index contributed by atoms with van der Waals surface area (Å²) in [5.74, 6) is 0.0218. The molecule has 0 spiro atoms. The number of likely N-dealkylation sites (tertiary alicyclic amines) is 1. The fraction of sp³-hybridized carbons (Fsp3) is 0.545. The standard InChI is InChI=1S/C11H16ClN3O2S/c12-11-4-3-9(6-14-11)7-15-5-1-2-10(15)8-18(13,16)17/h3-4,6,10H,1-2,5,7-8H2,(H2,13,16,17)/t10-/m0/s1. The number of sulfonamides is 1. The highest BCUT2D eigenvalue weighted by atomic mass is 35.5. The molecule has 2 rings (SSSR count). The number of rotatable bonds is 4. The molecule has 1 atom stereocenters. The summed E-state index contributed by atoms with van der Waals surface area (Å²) in [5.41, 5.74) is 1.03. The molecule has 1 aliphatic rings. The van der Waals surface area contributed by atoms with Crippen LogP contribution in [0.2, 0.25) is 5.15 Å². The molecule has 2 N–H and O–H groups in total. The Hall–Kier alpha value is -0.690. The Morgan fingerprint density at radius 2 is 2.28 bits per heavy atom. The van der Waals surface area contributed by atoms with Crippen LogP contribution in [-0.2, 0) is 16.6 Å². The molecule has 1 saturated heterocycles. The predicted octanol–water partition coefficient (Wildman–Crippen LogP) is 0.988. The molecule has 0 radical (unpaired) electrons. The lowest BCUT2D eigenvalue weighted by atomic mass is 10.2. The van der Waals surface area contributed by atoms with Gasteiger partial charge in [-0.3, -0.25) is 4.90 Å². The largest absolute Gasteiger partial charge is 0.295 e. The van der Waals surface area contributed by atoms with Gasteiger partial charge in [0.15, 0.2) is 0 Å². The van der Waals surface area contributed by atoms with Crippen LogP contribution in [0, 0.1) is 0 Å². The fourth-order valence-corrected chi connectivity index (χ4v) is 3.32. The van der Waals surface area contributed by atoms with E-state index in [9.17, 15) is 8.42 Å². The number of nitrogens with two attached hydrogens (primary N) is 1. The molecular formula is C11H16ClN3O2S. The third-order valence-corrected chi connectivity index (χ3v) is 4.17. The average Bonchev–Trinajstić information content (AvgIpc) is 2.67. The summed E-state index contributed by atoms with van der Waals surface area (Å²) in [6.45, 7) is 1.58. The van der Waals surface area contributed by atoms with Crippen molar-refractivity contribution in [2.75, 3.05) is 12.3 Å². The first-order valence-electron chi connectivity index (χ1n) is 5.79. The van der Waals surface area contributed by atoms with E-state index in [0.29, 0.717) is 11.7 Å². The number of primary sulfonamides is 1. The number of aromatic nitrogens is 1. The molecule has 0 unspecified atom stereocenters. The maximum atomic E-state index is 11.2. The molecule has 5 nitrogen and oxygen atoms in total. The van der Waals surface area contributed by atoms with Crippen molar-refractivity contribution in [3.63, 3.8) is 0 Å². The summed E-state index contributed by atoms with van der Waals surface area (Å²) < 4.78 is 22.3. The Morgan fingerprint density at radius 3 is 2.89 bits per heavy atom. The fourth-order valence-electron chi connectivity index (χ4n) is 2.29. The maximum Gasteiger partial charge on any atom is 0.210 e. The third-order valence-electron chi connectivity index (χ3n) is 3.10. The lowest BCUT2D eigenvalue weighted by Crippen LogP contribution is -2.36. The van der Waals surface area contributed by atoms with E-state index in [1.807, 2.05) is 6.07 Å². The van der Waals surface area contributed by atoms with Gasteiger partial charge < -0.3 is 0 Å². The quantitative estimate of drug-likeness (QED) is 0.839. The molecule has 7 heteroatoms. The Kier molecular flexibility index (Phi) is 4.21. The van der Waals surface area contributed by atoms with Crippen molar-refractivity contribution in [2.45, 2.75) is 25.4 Å². The third kappa shape index (κ3) is 3.91. The van der Waals surface area contributed by atoms with Crippen LogP contribution in [0.25, 0.3) is 0 Å². The molecule has 1 fully saturated rings. The molecule has 18 heavy (non-hydrogen) atoms. The Morgan fingerprint density at radius 1 is 1.50 bits per heavy atom.